The quantitative estimate of drug-likeness (QED) is 0.0343. The first-order valence-electron chi connectivity index (χ1n) is 20.7. The first-order chi connectivity index (χ1) is 31.0. The standard InChI is InChI=1S/C44H51Br2ClN2O15/c1-28(50)61-35-11-9-33-39(37(35)45)63-40-34(10-12-36(38(40)46)62-29(2)51)44(33)32-8-7-30(27-31(32)42(53)64-44)41(52)48-14-17-56-21-22-58-23-24-59-25-26-60-43(54)49-15-18-57-20-19-55-16-6-4-3-5-13-47/h7-12,27H,3-6,13-26H2,1-2H3,(H,48,52)(H,49,54). The molecule has 0 bridgehead atoms. The summed E-state index contributed by atoms with van der Waals surface area (Å²) < 4.78 is 56.4. The Kier molecular flexibility index (Phi) is 20.6. The number of carbonyl (C=O) groups excluding carboxylic acids is 5. The SMILES string of the molecule is CC(=O)Oc1ccc2c(c1Br)Oc1c(ccc(OC(C)=O)c1Br)C21OC(=O)c2cc(C(=O)NCCOCCOCCOCCOC(=O)NCCOCCOCCCCCCCl)ccc21. The Morgan fingerprint density at radius 3 is 1.69 bits per heavy atom. The van der Waals surface area contributed by atoms with E-state index in [1.54, 1.807) is 36.4 Å². The van der Waals surface area contributed by atoms with Gasteiger partial charge in [-0.25, -0.2) is 9.59 Å². The second-order valence-corrected chi connectivity index (χ2v) is 16.1. The van der Waals surface area contributed by atoms with E-state index in [1.807, 2.05) is 0 Å². The zero-order valence-corrected chi connectivity index (χ0v) is 39.5. The molecule has 2 aliphatic heterocycles. The second kappa shape index (κ2) is 26.0. The molecule has 5 rings (SSSR count). The molecule has 20 heteroatoms. The molecule has 348 valence electrons. The van der Waals surface area contributed by atoms with Crippen molar-refractivity contribution in [2.75, 3.05) is 91.6 Å². The van der Waals surface area contributed by atoms with Gasteiger partial charge in [-0.05, 0) is 81.1 Å². The maximum Gasteiger partial charge on any atom is 0.407 e. The highest BCUT2D eigenvalue weighted by molar-refractivity contribution is 9.11. The molecule has 0 aliphatic carbocycles. The van der Waals surface area contributed by atoms with E-state index in [0.717, 1.165) is 25.7 Å². The van der Waals surface area contributed by atoms with Crippen LogP contribution in [0.5, 0.6) is 23.0 Å². The summed E-state index contributed by atoms with van der Waals surface area (Å²) in [4.78, 5) is 62.4. The van der Waals surface area contributed by atoms with E-state index < -0.39 is 35.5 Å². The number of halogens is 3. The number of alkyl carbamates (subject to hydrolysis) is 1. The van der Waals surface area contributed by atoms with E-state index in [9.17, 15) is 24.0 Å². The Morgan fingerprint density at radius 1 is 0.625 bits per heavy atom. The van der Waals surface area contributed by atoms with Gasteiger partial charge >= 0.3 is 24.0 Å². The highest BCUT2D eigenvalue weighted by atomic mass is 79.9. The highest BCUT2D eigenvalue weighted by Gasteiger charge is 2.55. The summed E-state index contributed by atoms with van der Waals surface area (Å²) in [6.45, 7) is 6.76. The summed E-state index contributed by atoms with van der Waals surface area (Å²) >= 11 is 12.6. The smallest absolute Gasteiger partial charge is 0.407 e. The molecular formula is C44H51Br2ClN2O15. The first kappa shape index (κ1) is 50.7. The Hall–Kier alpha value is -4.34. The topological polar surface area (TPSA) is 202 Å². The van der Waals surface area contributed by atoms with Crippen molar-refractivity contribution in [1.29, 1.82) is 0 Å². The van der Waals surface area contributed by atoms with E-state index in [4.69, 9.17) is 59.0 Å². The van der Waals surface area contributed by atoms with E-state index in [2.05, 4.69) is 42.5 Å². The zero-order valence-electron chi connectivity index (χ0n) is 35.5. The van der Waals surface area contributed by atoms with E-state index in [-0.39, 0.29) is 76.0 Å². The Bertz CT molecular complexity index is 2030. The van der Waals surface area contributed by atoms with Crippen LogP contribution >= 0.6 is 43.5 Å². The summed E-state index contributed by atoms with van der Waals surface area (Å²) in [5.41, 5.74) is 0.0578. The van der Waals surface area contributed by atoms with Crippen LogP contribution in [0.2, 0.25) is 0 Å². The molecule has 2 aliphatic rings. The molecule has 0 saturated carbocycles. The molecule has 0 radical (unpaired) electrons. The summed E-state index contributed by atoms with van der Waals surface area (Å²) in [6, 6.07) is 11.0. The molecular weight excluding hydrogens is 992 g/mol. The molecule has 3 aromatic rings. The van der Waals surface area contributed by atoms with Gasteiger partial charge in [0.2, 0.25) is 0 Å². The first-order valence-corrected chi connectivity index (χ1v) is 22.8. The molecule has 0 fully saturated rings. The maximum absolute atomic E-state index is 13.7. The molecule has 2 N–H and O–H groups in total. The predicted molar refractivity (Wildman–Crippen MR) is 238 cm³/mol. The van der Waals surface area contributed by atoms with Crippen molar-refractivity contribution in [2.24, 2.45) is 0 Å². The molecule has 64 heavy (non-hydrogen) atoms. The number of amides is 2. The molecule has 1 spiro atoms. The van der Waals surface area contributed by atoms with E-state index in [1.165, 1.54) is 19.9 Å². The number of nitrogens with one attached hydrogen (secondary N) is 2. The lowest BCUT2D eigenvalue weighted by molar-refractivity contribution is -0.132. The van der Waals surface area contributed by atoms with Gasteiger partial charge in [0.25, 0.3) is 5.91 Å². The van der Waals surface area contributed by atoms with Crippen LogP contribution in [0.3, 0.4) is 0 Å². The van der Waals surface area contributed by atoms with Crippen LogP contribution < -0.4 is 24.8 Å². The van der Waals surface area contributed by atoms with Gasteiger partial charge in [-0.15, -0.1) is 11.6 Å². The monoisotopic (exact) mass is 1040 g/mol. The number of carbonyl (C=O) groups is 5. The third kappa shape index (κ3) is 13.8. The largest absolute Gasteiger partial charge is 0.454 e. The highest BCUT2D eigenvalue weighted by Crippen LogP contribution is 2.61. The van der Waals surface area contributed by atoms with Gasteiger partial charge in [0, 0.05) is 61.7 Å². The molecule has 0 aromatic heterocycles. The lowest BCUT2D eigenvalue weighted by atomic mass is 9.77. The number of benzene rings is 3. The fourth-order valence-corrected chi connectivity index (χ4v) is 7.88. The minimum Gasteiger partial charge on any atom is -0.454 e. The summed E-state index contributed by atoms with van der Waals surface area (Å²) in [5.74, 6) is -0.854. The minimum atomic E-state index is -1.56. The van der Waals surface area contributed by atoms with Crippen molar-refractivity contribution in [1.82, 2.24) is 10.6 Å². The number of rotatable bonds is 27. The van der Waals surface area contributed by atoms with Gasteiger partial charge < -0.3 is 58.0 Å². The van der Waals surface area contributed by atoms with Gasteiger partial charge in [-0.2, -0.15) is 0 Å². The molecule has 0 atom stereocenters. The summed E-state index contributed by atoms with van der Waals surface area (Å²) in [7, 11) is 0. The van der Waals surface area contributed by atoms with Crippen LogP contribution in [0.15, 0.2) is 51.4 Å². The van der Waals surface area contributed by atoms with Crippen molar-refractivity contribution in [2.45, 2.75) is 45.1 Å². The van der Waals surface area contributed by atoms with Gasteiger partial charge in [0.05, 0.1) is 65.0 Å². The molecule has 2 amide bonds. The van der Waals surface area contributed by atoms with E-state index in [0.29, 0.717) is 75.4 Å². The third-order valence-corrected chi connectivity index (χ3v) is 11.3. The fourth-order valence-electron chi connectivity index (χ4n) is 6.68. The summed E-state index contributed by atoms with van der Waals surface area (Å²) in [5, 5.41) is 5.40. The molecule has 3 aromatic carbocycles. The van der Waals surface area contributed by atoms with Crippen molar-refractivity contribution in [3.8, 4) is 23.0 Å². The normalized spacial score (nSPS) is 13.0. The molecule has 17 nitrogen and oxygen atoms in total. The van der Waals surface area contributed by atoms with Crippen LogP contribution in [-0.4, -0.2) is 122 Å². The number of ether oxygens (including phenoxy) is 10. The van der Waals surface area contributed by atoms with Gasteiger partial charge in [-0.3, -0.25) is 14.4 Å². The van der Waals surface area contributed by atoms with Crippen molar-refractivity contribution < 1.29 is 71.3 Å². The second-order valence-electron chi connectivity index (χ2n) is 14.1. The fraction of sp³-hybridized carbons (Fsp3) is 0.477. The van der Waals surface area contributed by atoms with E-state index >= 15 is 0 Å². The molecule has 0 saturated heterocycles. The minimum absolute atomic E-state index is 0.0905. The van der Waals surface area contributed by atoms with Crippen molar-refractivity contribution in [3.05, 3.63) is 79.2 Å². The molecule has 0 unspecified atom stereocenters. The van der Waals surface area contributed by atoms with Gasteiger partial charge in [-0.1, -0.05) is 18.9 Å². The lowest BCUT2D eigenvalue weighted by Gasteiger charge is -2.37. The summed E-state index contributed by atoms with van der Waals surface area (Å²) in [6.07, 6.45) is 3.71. The van der Waals surface area contributed by atoms with Gasteiger partial charge in [0.15, 0.2) is 17.1 Å². The van der Waals surface area contributed by atoms with Crippen LogP contribution in [-0.2, 0) is 48.3 Å². The Balaban J connectivity index is 0.998. The third-order valence-electron chi connectivity index (χ3n) is 9.52. The molecule has 2 heterocycles. The van der Waals surface area contributed by atoms with Crippen LogP contribution in [0.1, 0.15) is 76.9 Å². The van der Waals surface area contributed by atoms with Gasteiger partial charge in [0.1, 0.15) is 27.1 Å². The average Bonchev–Trinajstić information content (AvgIpc) is 3.55. The number of esters is 3. The number of hydrogen-bond acceptors (Lipinski definition) is 15. The number of hydrogen-bond donors (Lipinski definition) is 2. The Morgan fingerprint density at radius 2 is 1.12 bits per heavy atom. The average molecular weight is 1040 g/mol. The number of fused-ring (bicyclic) bond motifs is 6. The number of alkyl halides is 1. The number of unbranched alkanes of at least 4 members (excludes halogenated alkanes) is 3. The lowest BCUT2D eigenvalue weighted by Crippen LogP contribution is -2.33. The van der Waals surface area contributed by atoms with Crippen LogP contribution in [0, 0.1) is 0 Å². The zero-order chi connectivity index (χ0) is 45.9. The van der Waals surface area contributed by atoms with Crippen LogP contribution in [0.25, 0.3) is 0 Å². The van der Waals surface area contributed by atoms with Crippen LogP contribution in [0.4, 0.5) is 4.79 Å². The maximum atomic E-state index is 13.7. The predicted octanol–water partition coefficient (Wildman–Crippen LogP) is 6.97. The Labute approximate surface area is 392 Å². The van der Waals surface area contributed by atoms with Crippen molar-refractivity contribution >= 4 is 73.4 Å². The van der Waals surface area contributed by atoms with Crippen molar-refractivity contribution in [3.63, 3.8) is 0 Å².